The molecule has 20 heavy (non-hydrogen) atoms. The van der Waals surface area contributed by atoms with Crippen LogP contribution in [0.3, 0.4) is 0 Å². The lowest BCUT2D eigenvalue weighted by molar-refractivity contribution is 0.308. The first kappa shape index (κ1) is 14.9. The molecular weight excluding hydrogens is 270 g/mol. The predicted octanol–water partition coefficient (Wildman–Crippen LogP) is 4.01. The van der Waals surface area contributed by atoms with E-state index in [1.807, 2.05) is 19.1 Å². The van der Waals surface area contributed by atoms with Gasteiger partial charge in [0.1, 0.15) is 0 Å². The smallest absolute Gasteiger partial charge is 0.165 e. The average molecular weight is 291 g/mol. The zero-order chi connectivity index (χ0) is 14.4. The molecule has 4 heteroatoms. The van der Waals surface area contributed by atoms with E-state index in [0.29, 0.717) is 12.6 Å². The van der Waals surface area contributed by atoms with Crippen LogP contribution in [-0.2, 0) is 6.54 Å². The Balaban J connectivity index is 2.07. The van der Waals surface area contributed by atoms with Crippen LogP contribution in [0.25, 0.3) is 0 Å². The minimum Gasteiger partial charge on any atom is -0.493 e. The van der Waals surface area contributed by atoms with Gasteiger partial charge >= 0.3 is 0 Å². The molecule has 108 valence electrons. The molecule has 1 aromatic carbocycles. The summed E-state index contributed by atoms with van der Waals surface area (Å²) in [6.07, 6.45) is 0. The van der Waals surface area contributed by atoms with Gasteiger partial charge in [-0.05, 0) is 31.4 Å². The van der Waals surface area contributed by atoms with E-state index in [1.165, 1.54) is 4.88 Å². The molecule has 0 spiro atoms. The van der Waals surface area contributed by atoms with Crippen LogP contribution in [0.15, 0.2) is 35.7 Å². The molecule has 1 unspecified atom stereocenters. The van der Waals surface area contributed by atoms with E-state index in [1.54, 1.807) is 18.4 Å². The molecule has 1 aromatic heterocycles. The van der Waals surface area contributed by atoms with Crippen molar-refractivity contribution >= 4 is 11.3 Å². The molecule has 0 aliphatic carbocycles. The molecule has 1 heterocycles. The molecule has 0 amide bonds. The highest BCUT2D eigenvalue weighted by molar-refractivity contribution is 7.10. The van der Waals surface area contributed by atoms with Crippen LogP contribution in [0.2, 0.25) is 0 Å². The lowest BCUT2D eigenvalue weighted by Crippen LogP contribution is -2.17. The van der Waals surface area contributed by atoms with E-state index in [2.05, 4.69) is 35.8 Å². The maximum atomic E-state index is 5.60. The zero-order valence-corrected chi connectivity index (χ0v) is 13.0. The van der Waals surface area contributed by atoms with Crippen LogP contribution in [0.4, 0.5) is 0 Å². The van der Waals surface area contributed by atoms with E-state index >= 15 is 0 Å². The fourth-order valence-electron chi connectivity index (χ4n) is 2.10. The van der Waals surface area contributed by atoms with Gasteiger partial charge in [-0.25, -0.2) is 0 Å². The van der Waals surface area contributed by atoms with E-state index in [4.69, 9.17) is 9.47 Å². The van der Waals surface area contributed by atoms with Crippen LogP contribution < -0.4 is 14.8 Å². The van der Waals surface area contributed by atoms with Gasteiger partial charge in [0.05, 0.1) is 13.7 Å². The van der Waals surface area contributed by atoms with E-state index < -0.39 is 0 Å². The Morgan fingerprint density at radius 3 is 2.75 bits per heavy atom. The SMILES string of the molecule is CCOc1cccc(CNC(C)c2cccs2)c1OC. The minimum atomic E-state index is 0.329. The predicted molar refractivity (Wildman–Crippen MR) is 83.7 cm³/mol. The van der Waals surface area contributed by atoms with Crippen LogP contribution in [0, 0.1) is 0 Å². The molecule has 2 aromatic rings. The van der Waals surface area contributed by atoms with Crippen molar-refractivity contribution in [3.8, 4) is 11.5 Å². The number of nitrogens with one attached hydrogen (secondary N) is 1. The molecule has 0 bridgehead atoms. The summed E-state index contributed by atoms with van der Waals surface area (Å²) < 4.78 is 11.1. The molecule has 0 saturated carbocycles. The Hall–Kier alpha value is -1.52. The second kappa shape index (κ2) is 7.31. The molecule has 0 radical (unpaired) electrons. The molecule has 1 N–H and O–H groups in total. The summed E-state index contributed by atoms with van der Waals surface area (Å²) in [7, 11) is 1.68. The van der Waals surface area contributed by atoms with Gasteiger partial charge in [0.2, 0.25) is 0 Å². The number of thiophene rings is 1. The van der Waals surface area contributed by atoms with Gasteiger partial charge in [-0.1, -0.05) is 18.2 Å². The lowest BCUT2D eigenvalue weighted by Gasteiger charge is -2.16. The van der Waals surface area contributed by atoms with E-state index in [9.17, 15) is 0 Å². The normalized spacial score (nSPS) is 12.2. The van der Waals surface area contributed by atoms with Crippen LogP contribution in [0.1, 0.15) is 30.3 Å². The first-order valence-corrected chi connectivity index (χ1v) is 7.69. The number of hydrogen-bond acceptors (Lipinski definition) is 4. The van der Waals surface area contributed by atoms with Crippen molar-refractivity contribution in [1.82, 2.24) is 5.32 Å². The third kappa shape index (κ3) is 3.52. The third-order valence-electron chi connectivity index (χ3n) is 3.13. The quantitative estimate of drug-likeness (QED) is 0.836. The second-order valence-corrected chi connectivity index (χ2v) is 5.48. The lowest BCUT2D eigenvalue weighted by atomic mass is 10.1. The van der Waals surface area contributed by atoms with Crippen molar-refractivity contribution < 1.29 is 9.47 Å². The number of hydrogen-bond donors (Lipinski definition) is 1. The standard InChI is InChI=1S/C16H21NO2S/c1-4-19-14-8-5-7-13(16(14)18-3)11-17-12(2)15-9-6-10-20-15/h5-10,12,17H,4,11H2,1-3H3. The maximum Gasteiger partial charge on any atom is 0.165 e. The highest BCUT2D eigenvalue weighted by Crippen LogP contribution is 2.31. The van der Waals surface area contributed by atoms with E-state index in [0.717, 1.165) is 23.6 Å². The van der Waals surface area contributed by atoms with Crippen molar-refractivity contribution in [3.05, 3.63) is 46.2 Å². The summed E-state index contributed by atoms with van der Waals surface area (Å²) in [6.45, 7) is 5.54. The number of benzene rings is 1. The Labute approximate surface area is 124 Å². The first-order valence-electron chi connectivity index (χ1n) is 6.81. The van der Waals surface area contributed by atoms with Gasteiger partial charge in [-0.3, -0.25) is 0 Å². The number of rotatable bonds is 7. The number of para-hydroxylation sites is 1. The maximum absolute atomic E-state index is 5.60. The monoisotopic (exact) mass is 291 g/mol. The van der Waals surface area contributed by atoms with Gasteiger partial charge in [0.15, 0.2) is 11.5 Å². The van der Waals surface area contributed by atoms with Gasteiger partial charge in [-0.15, -0.1) is 11.3 Å². The highest BCUT2D eigenvalue weighted by Gasteiger charge is 2.11. The zero-order valence-electron chi connectivity index (χ0n) is 12.2. The summed E-state index contributed by atoms with van der Waals surface area (Å²) in [4.78, 5) is 1.34. The van der Waals surface area contributed by atoms with Crippen LogP contribution >= 0.6 is 11.3 Å². The van der Waals surface area contributed by atoms with Gasteiger partial charge in [0, 0.05) is 23.0 Å². The molecule has 0 aliphatic heterocycles. The molecule has 3 nitrogen and oxygen atoms in total. The summed E-state index contributed by atoms with van der Waals surface area (Å²) >= 11 is 1.77. The summed E-state index contributed by atoms with van der Waals surface area (Å²) in [5.41, 5.74) is 1.11. The Bertz CT molecular complexity index is 525. The highest BCUT2D eigenvalue weighted by atomic mass is 32.1. The van der Waals surface area contributed by atoms with Gasteiger partial charge in [-0.2, -0.15) is 0 Å². The number of methoxy groups -OCH3 is 1. The third-order valence-corrected chi connectivity index (χ3v) is 4.19. The van der Waals surface area contributed by atoms with Crippen molar-refractivity contribution in [2.24, 2.45) is 0 Å². The molecule has 0 fully saturated rings. The van der Waals surface area contributed by atoms with Crippen molar-refractivity contribution in [2.75, 3.05) is 13.7 Å². The van der Waals surface area contributed by atoms with Crippen molar-refractivity contribution in [1.29, 1.82) is 0 Å². The average Bonchev–Trinajstić information content (AvgIpc) is 2.99. The summed E-state index contributed by atoms with van der Waals surface area (Å²) in [5, 5.41) is 5.62. The Kier molecular flexibility index (Phi) is 5.44. The molecule has 0 saturated heterocycles. The topological polar surface area (TPSA) is 30.5 Å². The van der Waals surface area contributed by atoms with Crippen LogP contribution in [0.5, 0.6) is 11.5 Å². The minimum absolute atomic E-state index is 0.329. The first-order chi connectivity index (χ1) is 9.76. The fraction of sp³-hybridized carbons (Fsp3) is 0.375. The van der Waals surface area contributed by atoms with Gasteiger partial charge in [0.25, 0.3) is 0 Å². The second-order valence-electron chi connectivity index (χ2n) is 4.50. The molecule has 0 aliphatic rings. The Morgan fingerprint density at radius 1 is 1.25 bits per heavy atom. The molecule has 2 rings (SSSR count). The molecular formula is C16H21NO2S. The van der Waals surface area contributed by atoms with Crippen molar-refractivity contribution in [3.63, 3.8) is 0 Å². The van der Waals surface area contributed by atoms with Gasteiger partial charge < -0.3 is 14.8 Å². The fourth-order valence-corrected chi connectivity index (χ4v) is 2.86. The summed E-state index contributed by atoms with van der Waals surface area (Å²) in [6, 6.07) is 10.6. The van der Waals surface area contributed by atoms with E-state index in [-0.39, 0.29) is 0 Å². The molecule has 1 atom stereocenters. The summed E-state index contributed by atoms with van der Waals surface area (Å²) in [5.74, 6) is 1.62. The van der Waals surface area contributed by atoms with Crippen molar-refractivity contribution in [2.45, 2.75) is 26.4 Å². The largest absolute Gasteiger partial charge is 0.493 e. The van der Waals surface area contributed by atoms with Crippen LogP contribution in [-0.4, -0.2) is 13.7 Å². The Morgan fingerprint density at radius 2 is 2.10 bits per heavy atom. The number of ether oxygens (including phenoxy) is 2.